The van der Waals surface area contributed by atoms with Crippen LogP contribution in [0.4, 0.5) is 14.9 Å². The molecule has 1 fully saturated rings. The second-order valence-electron chi connectivity index (χ2n) is 5.01. The second-order valence-corrected chi connectivity index (χ2v) is 6.44. The molecule has 0 aliphatic carbocycles. The smallest absolute Gasteiger partial charge is 0.295 e. The summed E-state index contributed by atoms with van der Waals surface area (Å²) in [5.41, 5.74) is 1.24. The van der Waals surface area contributed by atoms with Gasteiger partial charge in [-0.05, 0) is 53.7 Å². The van der Waals surface area contributed by atoms with Gasteiger partial charge in [-0.25, -0.2) is 4.39 Å². The molecule has 1 N–H and O–H groups in total. The van der Waals surface area contributed by atoms with E-state index >= 15 is 0 Å². The van der Waals surface area contributed by atoms with Crippen molar-refractivity contribution in [2.24, 2.45) is 0 Å². The van der Waals surface area contributed by atoms with Gasteiger partial charge in [-0.1, -0.05) is 29.8 Å². The third-order valence-corrected chi connectivity index (χ3v) is 4.43. The molecule has 2 aromatic carbocycles. The Hall–Kier alpha value is -2.31. The SMILES string of the molecule is O=C1S/C(=C/c2cccc(F)c2)C(=O)N1CNc1cccc(Cl)c1. The van der Waals surface area contributed by atoms with Crippen molar-refractivity contribution >= 4 is 46.3 Å². The van der Waals surface area contributed by atoms with Crippen LogP contribution in [0.15, 0.2) is 53.4 Å². The van der Waals surface area contributed by atoms with Crippen molar-refractivity contribution < 1.29 is 14.0 Å². The predicted octanol–water partition coefficient (Wildman–Crippen LogP) is 4.59. The van der Waals surface area contributed by atoms with E-state index < -0.39 is 11.7 Å². The Morgan fingerprint density at radius 1 is 1.17 bits per heavy atom. The third-order valence-electron chi connectivity index (χ3n) is 3.29. The molecule has 4 nitrogen and oxygen atoms in total. The minimum Gasteiger partial charge on any atom is -0.367 e. The van der Waals surface area contributed by atoms with Crippen molar-refractivity contribution in [3.8, 4) is 0 Å². The monoisotopic (exact) mass is 362 g/mol. The minimum absolute atomic E-state index is 0.0332. The highest BCUT2D eigenvalue weighted by molar-refractivity contribution is 8.18. The van der Waals surface area contributed by atoms with Crippen LogP contribution in [0, 0.1) is 5.82 Å². The number of carbonyl (C=O) groups excluding carboxylic acids is 2. The Balaban J connectivity index is 1.72. The first-order chi connectivity index (χ1) is 11.5. The van der Waals surface area contributed by atoms with Gasteiger partial charge in [0, 0.05) is 10.7 Å². The van der Waals surface area contributed by atoms with Crippen LogP contribution in [0.25, 0.3) is 6.08 Å². The maximum atomic E-state index is 13.2. The Bertz CT molecular complexity index is 841. The number of thioether (sulfide) groups is 1. The van der Waals surface area contributed by atoms with Crippen molar-refractivity contribution in [3.05, 3.63) is 69.8 Å². The van der Waals surface area contributed by atoms with Crippen LogP contribution >= 0.6 is 23.4 Å². The number of hydrogen-bond acceptors (Lipinski definition) is 4. The number of hydrogen-bond donors (Lipinski definition) is 1. The van der Waals surface area contributed by atoms with E-state index in [0.29, 0.717) is 16.3 Å². The molecule has 0 atom stereocenters. The van der Waals surface area contributed by atoms with E-state index in [1.54, 1.807) is 36.4 Å². The fraction of sp³-hybridized carbons (Fsp3) is 0.0588. The van der Waals surface area contributed by atoms with Gasteiger partial charge < -0.3 is 5.32 Å². The van der Waals surface area contributed by atoms with Gasteiger partial charge in [0.15, 0.2) is 0 Å². The third kappa shape index (κ3) is 3.77. The first-order valence-corrected chi connectivity index (χ1v) is 8.23. The summed E-state index contributed by atoms with van der Waals surface area (Å²) in [6, 6.07) is 12.8. The number of rotatable bonds is 4. The first kappa shape index (κ1) is 16.5. The molecule has 7 heteroatoms. The van der Waals surface area contributed by atoms with Crippen LogP contribution in [-0.2, 0) is 4.79 Å². The van der Waals surface area contributed by atoms with Crippen LogP contribution in [-0.4, -0.2) is 22.7 Å². The molecule has 0 radical (unpaired) electrons. The van der Waals surface area contributed by atoms with Crippen molar-refractivity contribution in [1.29, 1.82) is 0 Å². The second kappa shape index (κ2) is 7.07. The van der Waals surface area contributed by atoms with Crippen LogP contribution in [0.5, 0.6) is 0 Å². The Morgan fingerprint density at radius 3 is 2.71 bits per heavy atom. The van der Waals surface area contributed by atoms with Gasteiger partial charge in [-0.2, -0.15) is 0 Å². The number of nitrogens with zero attached hydrogens (tertiary/aromatic N) is 1. The van der Waals surface area contributed by atoms with E-state index in [4.69, 9.17) is 11.6 Å². The lowest BCUT2D eigenvalue weighted by molar-refractivity contribution is -0.122. The predicted molar refractivity (Wildman–Crippen MR) is 94.2 cm³/mol. The number of halogens is 2. The minimum atomic E-state index is -0.413. The number of imide groups is 1. The normalized spacial score (nSPS) is 16.1. The Kier molecular flexibility index (Phi) is 4.87. The lowest BCUT2D eigenvalue weighted by atomic mass is 10.2. The maximum absolute atomic E-state index is 13.2. The van der Waals surface area contributed by atoms with Gasteiger partial charge in [0.2, 0.25) is 0 Å². The average molecular weight is 363 g/mol. The van der Waals surface area contributed by atoms with Gasteiger partial charge in [-0.15, -0.1) is 0 Å². The molecule has 24 heavy (non-hydrogen) atoms. The van der Waals surface area contributed by atoms with Gasteiger partial charge in [0.1, 0.15) is 5.82 Å². The zero-order valence-corrected chi connectivity index (χ0v) is 13.9. The molecular formula is C17H12ClFN2O2S. The van der Waals surface area contributed by atoms with Crippen LogP contribution in [0.2, 0.25) is 5.02 Å². The summed E-state index contributed by atoms with van der Waals surface area (Å²) >= 11 is 6.72. The molecule has 0 unspecified atom stereocenters. The summed E-state index contributed by atoms with van der Waals surface area (Å²) in [6.45, 7) is 0.0332. The molecular weight excluding hydrogens is 351 g/mol. The standard InChI is InChI=1S/C17H12ClFN2O2S/c18-12-4-2-6-14(9-12)20-10-21-16(22)15(24-17(21)23)8-11-3-1-5-13(19)7-11/h1-9,20H,10H2/b15-8+. The van der Waals surface area contributed by atoms with E-state index in [-0.39, 0.29) is 16.8 Å². The fourth-order valence-corrected chi connectivity index (χ4v) is 3.18. The summed E-state index contributed by atoms with van der Waals surface area (Å²) in [4.78, 5) is 25.7. The van der Waals surface area contributed by atoms with Gasteiger partial charge in [0.05, 0.1) is 11.6 Å². The van der Waals surface area contributed by atoms with Crippen molar-refractivity contribution in [2.75, 3.05) is 12.0 Å². The van der Waals surface area contributed by atoms with Crippen molar-refractivity contribution in [2.45, 2.75) is 0 Å². The molecule has 1 aliphatic heterocycles. The molecule has 0 bridgehead atoms. The molecule has 0 spiro atoms. The van der Waals surface area contributed by atoms with Crippen LogP contribution in [0.1, 0.15) is 5.56 Å². The lowest BCUT2D eigenvalue weighted by Gasteiger charge is -2.14. The van der Waals surface area contributed by atoms with E-state index in [1.165, 1.54) is 18.2 Å². The molecule has 2 amide bonds. The quantitative estimate of drug-likeness (QED) is 0.808. The number of amides is 2. The molecule has 3 rings (SSSR count). The summed E-state index contributed by atoms with van der Waals surface area (Å²) in [5, 5.41) is 3.16. The number of anilines is 1. The molecule has 2 aromatic rings. The van der Waals surface area contributed by atoms with E-state index in [2.05, 4.69) is 5.32 Å². The fourth-order valence-electron chi connectivity index (χ4n) is 2.15. The summed E-state index contributed by atoms with van der Waals surface area (Å²) in [6.07, 6.45) is 1.51. The van der Waals surface area contributed by atoms with E-state index in [0.717, 1.165) is 16.7 Å². The van der Waals surface area contributed by atoms with Gasteiger partial charge >= 0.3 is 0 Å². The number of carbonyl (C=O) groups is 2. The largest absolute Gasteiger partial charge is 0.367 e. The first-order valence-electron chi connectivity index (χ1n) is 7.03. The Morgan fingerprint density at radius 2 is 1.96 bits per heavy atom. The highest BCUT2D eigenvalue weighted by Crippen LogP contribution is 2.32. The summed E-state index contributed by atoms with van der Waals surface area (Å²) in [5.74, 6) is -0.811. The Labute approximate surface area is 147 Å². The average Bonchev–Trinajstić information content (AvgIpc) is 2.79. The summed E-state index contributed by atoms with van der Waals surface area (Å²) < 4.78 is 13.2. The molecule has 1 aliphatic rings. The highest BCUT2D eigenvalue weighted by atomic mass is 35.5. The summed E-state index contributed by atoms with van der Waals surface area (Å²) in [7, 11) is 0. The topological polar surface area (TPSA) is 49.4 Å². The van der Waals surface area contributed by atoms with Gasteiger partial charge in [-0.3, -0.25) is 14.5 Å². The van der Waals surface area contributed by atoms with Crippen LogP contribution < -0.4 is 5.32 Å². The number of nitrogens with one attached hydrogen (secondary N) is 1. The van der Waals surface area contributed by atoms with E-state index in [9.17, 15) is 14.0 Å². The zero-order chi connectivity index (χ0) is 17.1. The molecule has 0 saturated carbocycles. The molecule has 1 heterocycles. The van der Waals surface area contributed by atoms with Gasteiger partial charge in [0.25, 0.3) is 11.1 Å². The molecule has 0 aromatic heterocycles. The zero-order valence-electron chi connectivity index (χ0n) is 12.3. The lowest BCUT2D eigenvalue weighted by Crippen LogP contribution is -2.33. The van der Waals surface area contributed by atoms with Crippen molar-refractivity contribution in [1.82, 2.24) is 4.90 Å². The van der Waals surface area contributed by atoms with Crippen LogP contribution in [0.3, 0.4) is 0 Å². The maximum Gasteiger partial charge on any atom is 0.295 e. The van der Waals surface area contributed by atoms with E-state index in [1.807, 2.05) is 0 Å². The van der Waals surface area contributed by atoms with Crippen molar-refractivity contribution in [3.63, 3.8) is 0 Å². The molecule has 122 valence electrons. The highest BCUT2D eigenvalue weighted by Gasteiger charge is 2.34. The molecule has 1 saturated heterocycles. The number of benzene rings is 2.